The lowest BCUT2D eigenvalue weighted by molar-refractivity contribution is 0.0686. The van der Waals surface area contributed by atoms with Crippen LogP contribution in [0.15, 0.2) is 121 Å². The van der Waals surface area contributed by atoms with Crippen molar-refractivity contribution < 1.29 is 60.0 Å². The number of aromatic carboxylic acids is 4. The van der Waals surface area contributed by atoms with Gasteiger partial charge in [0.2, 0.25) is 0 Å². The lowest BCUT2D eigenvalue weighted by Gasteiger charge is -2.16. The van der Waals surface area contributed by atoms with E-state index in [0.717, 1.165) is 19.3 Å². The van der Waals surface area contributed by atoms with Crippen LogP contribution < -0.4 is 0 Å². The second-order valence-electron chi connectivity index (χ2n) is 11.5. The van der Waals surface area contributed by atoms with Crippen LogP contribution >= 0.6 is 0 Å². The molecule has 0 aliphatic rings. The molecule has 4 rings (SSSR count). The molecule has 12 heteroatoms. The van der Waals surface area contributed by atoms with Gasteiger partial charge in [0.15, 0.2) is 0 Å². The van der Waals surface area contributed by atoms with Crippen molar-refractivity contribution >= 4 is 23.9 Å². The zero-order valence-corrected chi connectivity index (χ0v) is 29.8. The molecule has 0 spiro atoms. The number of hydrogen-bond donors (Lipinski definition) is 8. The van der Waals surface area contributed by atoms with Crippen molar-refractivity contribution in [1.82, 2.24) is 0 Å². The molecule has 0 saturated carbocycles. The molecule has 0 aromatic heterocycles. The highest BCUT2D eigenvalue weighted by atomic mass is 16.4. The van der Waals surface area contributed by atoms with E-state index in [1.54, 1.807) is 135 Å². The van der Waals surface area contributed by atoms with Crippen molar-refractivity contribution in [3.63, 3.8) is 0 Å². The van der Waals surface area contributed by atoms with Crippen LogP contribution in [0.3, 0.4) is 0 Å². The van der Waals surface area contributed by atoms with Gasteiger partial charge < -0.3 is 40.9 Å². The van der Waals surface area contributed by atoms with E-state index in [1.807, 2.05) is 0 Å². The Labute approximate surface area is 304 Å². The Morgan fingerprint density at radius 1 is 0.481 bits per heavy atom. The van der Waals surface area contributed by atoms with Crippen molar-refractivity contribution in [3.05, 3.63) is 144 Å². The van der Waals surface area contributed by atoms with Gasteiger partial charge in [0.1, 0.15) is 0 Å². The van der Waals surface area contributed by atoms with Gasteiger partial charge in [-0.15, -0.1) is 0 Å². The molecule has 8 N–H and O–H groups in total. The van der Waals surface area contributed by atoms with E-state index in [9.17, 15) is 19.2 Å². The van der Waals surface area contributed by atoms with Crippen LogP contribution in [0.2, 0.25) is 0 Å². The molecule has 0 amide bonds. The SMILES string of the molecule is CC(C)(CO)CO.CCCCC(CO)CO.O=C(O)c1ccccc1.O=C(O)c1ccccc1.O=C(O)c1ccccc1.O=C(O)c1ccccc1. The van der Waals surface area contributed by atoms with Crippen molar-refractivity contribution in [2.45, 2.75) is 40.0 Å². The van der Waals surface area contributed by atoms with Crippen LogP contribution in [0, 0.1) is 11.3 Å². The third-order valence-electron chi connectivity index (χ3n) is 6.42. The average molecular weight is 725 g/mol. The number of rotatable bonds is 11. The van der Waals surface area contributed by atoms with Gasteiger partial charge in [0.25, 0.3) is 0 Å². The maximum absolute atomic E-state index is 10.2. The molecule has 0 radical (unpaired) electrons. The highest BCUT2D eigenvalue weighted by Crippen LogP contribution is 2.10. The number of carboxylic acids is 4. The summed E-state index contributed by atoms with van der Waals surface area (Å²) in [5.74, 6) is -3.40. The normalized spacial score (nSPS) is 9.62. The van der Waals surface area contributed by atoms with Crippen LogP contribution in [-0.4, -0.2) is 91.2 Å². The van der Waals surface area contributed by atoms with Crippen molar-refractivity contribution in [3.8, 4) is 0 Å². The van der Waals surface area contributed by atoms with Crippen molar-refractivity contribution in [1.29, 1.82) is 0 Å². The van der Waals surface area contributed by atoms with Gasteiger partial charge in [-0.05, 0) is 55.0 Å². The fraction of sp³-hybridized carbons (Fsp3) is 0.300. The summed E-state index contributed by atoms with van der Waals surface area (Å²) >= 11 is 0. The quantitative estimate of drug-likeness (QED) is 0.0850. The molecule has 0 unspecified atom stereocenters. The van der Waals surface area contributed by atoms with Crippen LogP contribution in [0.4, 0.5) is 0 Å². The summed E-state index contributed by atoms with van der Waals surface area (Å²) in [5.41, 5.74) is 1.02. The first-order valence-electron chi connectivity index (χ1n) is 16.3. The lowest BCUT2D eigenvalue weighted by atomic mass is 9.97. The summed E-state index contributed by atoms with van der Waals surface area (Å²) < 4.78 is 0. The van der Waals surface area contributed by atoms with E-state index in [-0.39, 0.29) is 37.8 Å². The van der Waals surface area contributed by atoms with Crippen LogP contribution in [0.25, 0.3) is 0 Å². The van der Waals surface area contributed by atoms with Gasteiger partial charge in [0.05, 0.1) is 35.5 Å². The second kappa shape index (κ2) is 30.4. The van der Waals surface area contributed by atoms with E-state index < -0.39 is 23.9 Å². The molecule has 284 valence electrons. The summed E-state index contributed by atoms with van der Waals surface area (Å²) in [6, 6.07) is 33.2. The molecule has 0 aliphatic heterocycles. The van der Waals surface area contributed by atoms with Crippen LogP contribution in [-0.2, 0) is 0 Å². The van der Waals surface area contributed by atoms with Crippen LogP contribution in [0.5, 0.6) is 0 Å². The highest BCUT2D eigenvalue weighted by Gasteiger charge is 2.13. The number of carbonyl (C=O) groups is 4. The molecule has 0 bridgehead atoms. The summed E-state index contributed by atoms with van der Waals surface area (Å²) in [7, 11) is 0. The van der Waals surface area contributed by atoms with E-state index in [4.69, 9.17) is 40.9 Å². The summed E-state index contributed by atoms with van der Waals surface area (Å²) in [5, 5.41) is 67.6. The largest absolute Gasteiger partial charge is 0.478 e. The monoisotopic (exact) mass is 724 g/mol. The maximum Gasteiger partial charge on any atom is 0.335 e. The molecular formula is C40H52O12. The van der Waals surface area contributed by atoms with E-state index in [1.165, 1.54) is 0 Å². The van der Waals surface area contributed by atoms with E-state index in [2.05, 4.69) is 6.92 Å². The summed E-state index contributed by atoms with van der Waals surface area (Å²) in [6.45, 7) is 6.03. The Hall–Kier alpha value is -5.40. The molecule has 4 aromatic carbocycles. The topological polar surface area (TPSA) is 230 Å². The zero-order valence-electron chi connectivity index (χ0n) is 29.8. The molecule has 4 aromatic rings. The first-order chi connectivity index (χ1) is 24.7. The smallest absolute Gasteiger partial charge is 0.335 e. The number of carboxylic acid groups (broad SMARTS) is 4. The van der Waals surface area contributed by atoms with Crippen molar-refractivity contribution in [2.75, 3.05) is 26.4 Å². The number of unbranched alkanes of at least 4 members (excludes halogenated alkanes) is 1. The summed E-state index contributed by atoms with van der Waals surface area (Å²) in [4.78, 5) is 40.8. The molecular weight excluding hydrogens is 672 g/mol. The molecule has 0 atom stereocenters. The minimum Gasteiger partial charge on any atom is -0.478 e. The Balaban J connectivity index is 0. The minimum atomic E-state index is -0.879. The van der Waals surface area contributed by atoms with Gasteiger partial charge in [-0.3, -0.25) is 0 Å². The maximum atomic E-state index is 10.2. The molecule has 0 fully saturated rings. The highest BCUT2D eigenvalue weighted by molar-refractivity contribution is 5.88. The first-order valence-corrected chi connectivity index (χ1v) is 16.3. The lowest BCUT2D eigenvalue weighted by Crippen LogP contribution is -2.20. The fourth-order valence-corrected chi connectivity index (χ4v) is 3.11. The number of benzene rings is 4. The number of hydrogen-bond acceptors (Lipinski definition) is 8. The average Bonchev–Trinajstić information content (AvgIpc) is 3.18. The minimum absolute atomic E-state index is 0.0451. The molecule has 12 nitrogen and oxygen atoms in total. The molecule has 0 saturated heterocycles. The van der Waals surface area contributed by atoms with Crippen LogP contribution in [0.1, 0.15) is 81.5 Å². The third kappa shape index (κ3) is 26.5. The first kappa shape index (κ1) is 48.7. The molecule has 0 aliphatic carbocycles. The van der Waals surface area contributed by atoms with Crippen molar-refractivity contribution in [2.24, 2.45) is 11.3 Å². The second-order valence-corrected chi connectivity index (χ2v) is 11.5. The fourth-order valence-electron chi connectivity index (χ4n) is 3.11. The molecule has 52 heavy (non-hydrogen) atoms. The standard InChI is InChI=1S/4C7H6O2.C7H16O2.C5H12O2/c4*8-7(9)6-4-2-1-3-5-6;1-2-3-4-7(5-8)6-9;1-5(2,3-6)4-7/h4*1-5H,(H,8,9);7-9H,2-6H2,1H3;6-7H,3-4H2,1-2H3. The van der Waals surface area contributed by atoms with Gasteiger partial charge in [0, 0.05) is 24.5 Å². The van der Waals surface area contributed by atoms with Gasteiger partial charge >= 0.3 is 23.9 Å². The van der Waals surface area contributed by atoms with Gasteiger partial charge in [-0.25, -0.2) is 19.2 Å². The predicted octanol–water partition coefficient (Wildman–Crippen LogP) is 6.31. The summed E-state index contributed by atoms with van der Waals surface area (Å²) in [6.07, 6.45) is 3.19. The number of aliphatic hydroxyl groups is 4. The Morgan fingerprint density at radius 3 is 0.827 bits per heavy atom. The van der Waals surface area contributed by atoms with Gasteiger partial charge in [-0.1, -0.05) is 106 Å². The zero-order chi connectivity index (χ0) is 39.8. The van der Waals surface area contributed by atoms with E-state index >= 15 is 0 Å². The van der Waals surface area contributed by atoms with E-state index in [0.29, 0.717) is 22.3 Å². The Morgan fingerprint density at radius 2 is 0.712 bits per heavy atom. The number of aliphatic hydroxyl groups excluding tert-OH is 4. The third-order valence-corrected chi connectivity index (χ3v) is 6.42. The Bertz CT molecular complexity index is 1270. The van der Waals surface area contributed by atoms with Gasteiger partial charge in [-0.2, -0.15) is 0 Å². The Kier molecular flexibility index (Phi) is 28.5. The predicted molar refractivity (Wildman–Crippen MR) is 199 cm³/mol. The molecule has 0 heterocycles.